The number of methoxy groups -OCH3 is 1. The second-order valence-corrected chi connectivity index (χ2v) is 3.90. The molecule has 1 aromatic rings. The van der Waals surface area contributed by atoms with Gasteiger partial charge in [-0.1, -0.05) is 30.3 Å². The van der Waals surface area contributed by atoms with Crippen LogP contribution in [-0.2, 0) is 20.7 Å². The van der Waals surface area contributed by atoms with Gasteiger partial charge in [0.05, 0.1) is 6.61 Å². The van der Waals surface area contributed by atoms with Crippen molar-refractivity contribution in [2.24, 2.45) is 0 Å². The second-order valence-electron chi connectivity index (χ2n) is 3.90. The van der Waals surface area contributed by atoms with E-state index in [1.807, 2.05) is 30.3 Å². The molecule has 1 aromatic carbocycles. The number of hydrogen-bond acceptors (Lipinski definition) is 3. The minimum Gasteiger partial charge on any atom is -0.480 e. The highest BCUT2D eigenvalue weighted by Crippen LogP contribution is 2.02. The Morgan fingerprint density at radius 3 is 2.56 bits per heavy atom. The molecule has 0 bridgehead atoms. The van der Waals surface area contributed by atoms with Crippen LogP contribution in [0.2, 0.25) is 0 Å². The van der Waals surface area contributed by atoms with Gasteiger partial charge in [-0.05, 0) is 12.0 Å². The van der Waals surface area contributed by atoms with Gasteiger partial charge in [0.15, 0.2) is 6.04 Å². The second kappa shape index (κ2) is 7.45. The summed E-state index contributed by atoms with van der Waals surface area (Å²) in [6.45, 7) is -0.0353. The molecular weight excluding hydrogens is 234 g/mol. The molecule has 5 nitrogen and oxygen atoms in total. The molecule has 98 valence electrons. The number of hydrogen-bond donors (Lipinski definition) is 2. The highest BCUT2D eigenvalue weighted by molar-refractivity contribution is 5.83. The molecular formula is C13H17NO4. The Kier molecular flexibility index (Phi) is 5.87. The van der Waals surface area contributed by atoms with Gasteiger partial charge in [-0.25, -0.2) is 4.79 Å². The Bertz CT molecular complexity index is 391. The molecule has 5 heteroatoms. The molecule has 0 aliphatic carbocycles. The average molecular weight is 251 g/mol. The topological polar surface area (TPSA) is 75.6 Å². The molecule has 0 fully saturated rings. The summed E-state index contributed by atoms with van der Waals surface area (Å²) in [5, 5.41) is 11.3. The van der Waals surface area contributed by atoms with Gasteiger partial charge in [0.1, 0.15) is 0 Å². The largest absolute Gasteiger partial charge is 0.480 e. The third-order valence-corrected chi connectivity index (χ3v) is 2.45. The van der Waals surface area contributed by atoms with E-state index in [-0.39, 0.29) is 18.9 Å². The van der Waals surface area contributed by atoms with Crippen molar-refractivity contribution in [3.8, 4) is 0 Å². The van der Waals surface area contributed by atoms with Gasteiger partial charge in [-0.15, -0.1) is 0 Å². The van der Waals surface area contributed by atoms with E-state index < -0.39 is 12.0 Å². The maximum atomic E-state index is 11.6. The van der Waals surface area contributed by atoms with Crippen molar-refractivity contribution in [3.05, 3.63) is 35.9 Å². The summed E-state index contributed by atoms with van der Waals surface area (Å²) in [5.41, 5.74) is 1.05. The summed E-state index contributed by atoms with van der Waals surface area (Å²) in [7, 11) is 1.39. The summed E-state index contributed by atoms with van der Waals surface area (Å²) in [6.07, 6.45) is 0.851. The maximum absolute atomic E-state index is 11.6. The zero-order chi connectivity index (χ0) is 13.4. The Balaban J connectivity index is 2.39. The predicted molar refractivity (Wildman–Crippen MR) is 66.2 cm³/mol. The molecule has 1 amide bonds. The van der Waals surface area contributed by atoms with Gasteiger partial charge in [-0.3, -0.25) is 4.79 Å². The molecule has 1 atom stereocenters. The summed E-state index contributed by atoms with van der Waals surface area (Å²) < 4.78 is 4.73. The minimum absolute atomic E-state index is 0.0353. The molecule has 0 aliphatic rings. The fraction of sp³-hybridized carbons (Fsp3) is 0.385. The summed E-state index contributed by atoms with van der Waals surface area (Å²) in [5.74, 6) is -1.38. The number of ether oxygens (including phenoxy) is 1. The lowest BCUT2D eigenvalue weighted by Gasteiger charge is -2.13. The number of carboxylic acid groups (broad SMARTS) is 1. The van der Waals surface area contributed by atoms with E-state index in [2.05, 4.69) is 5.32 Å². The van der Waals surface area contributed by atoms with E-state index in [4.69, 9.17) is 9.84 Å². The molecule has 1 rings (SSSR count). The van der Waals surface area contributed by atoms with Crippen LogP contribution in [0.25, 0.3) is 0 Å². The normalized spacial score (nSPS) is 11.8. The SMILES string of the molecule is COCC(NC(=O)CCc1ccccc1)C(=O)O. The average Bonchev–Trinajstić information content (AvgIpc) is 2.37. The number of carbonyl (C=O) groups is 2. The molecule has 0 radical (unpaired) electrons. The lowest BCUT2D eigenvalue weighted by atomic mass is 10.1. The van der Waals surface area contributed by atoms with Gasteiger partial charge in [0, 0.05) is 13.5 Å². The summed E-state index contributed by atoms with van der Waals surface area (Å²) in [4.78, 5) is 22.4. The van der Waals surface area contributed by atoms with Crippen molar-refractivity contribution in [2.75, 3.05) is 13.7 Å². The Labute approximate surface area is 106 Å². The number of carboxylic acids is 1. The standard InChI is InChI=1S/C13H17NO4/c1-18-9-11(13(16)17)14-12(15)8-7-10-5-3-2-4-6-10/h2-6,11H,7-9H2,1H3,(H,14,15)(H,16,17). The van der Waals surface area contributed by atoms with Crippen LogP contribution in [0, 0.1) is 0 Å². The number of amides is 1. The van der Waals surface area contributed by atoms with E-state index >= 15 is 0 Å². The van der Waals surface area contributed by atoms with Gasteiger partial charge >= 0.3 is 5.97 Å². The molecule has 1 unspecified atom stereocenters. The van der Waals surface area contributed by atoms with Crippen molar-refractivity contribution in [3.63, 3.8) is 0 Å². The van der Waals surface area contributed by atoms with E-state index in [9.17, 15) is 9.59 Å². The lowest BCUT2D eigenvalue weighted by Crippen LogP contribution is -2.43. The number of carbonyl (C=O) groups excluding carboxylic acids is 1. The van der Waals surface area contributed by atoms with E-state index in [0.29, 0.717) is 6.42 Å². The van der Waals surface area contributed by atoms with Crippen molar-refractivity contribution < 1.29 is 19.4 Å². The van der Waals surface area contributed by atoms with Gasteiger partial charge in [0.25, 0.3) is 0 Å². The number of aliphatic carboxylic acids is 1. The van der Waals surface area contributed by atoms with Crippen molar-refractivity contribution >= 4 is 11.9 Å². The van der Waals surface area contributed by atoms with Crippen LogP contribution >= 0.6 is 0 Å². The molecule has 0 saturated carbocycles. The van der Waals surface area contributed by atoms with Crippen molar-refractivity contribution in [1.29, 1.82) is 0 Å². The van der Waals surface area contributed by atoms with Crippen molar-refractivity contribution in [1.82, 2.24) is 5.32 Å². The minimum atomic E-state index is -1.09. The van der Waals surface area contributed by atoms with Crippen LogP contribution in [0.4, 0.5) is 0 Å². The summed E-state index contributed by atoms with van der Waals surface area (Å²) >= 11 is 0. The third kappa shape index (κ3) is 4.97. The number of benzene rings is 1. The monoisotopic (exact) mass is 251 g/mol. The molecule has 0 aliphatic heterocycles. The predicted octanol–water partition coefficient (Wildman–Crippen LogP) is 0.835. The van der Waals surface area contributed by atoms with Crippen molar-refractivity contribution in [2.45, 2.75) is 18.9 Å². The Morgan fingerprint density at radius 1 is 1.33 bits per heavy atom. The first-order valence-corrected chi connectivity index (χ1v) is 5.68. The third-order valence-electron chi connectivity index (χ3n) is 2.45. The fourth-order valence-electron chi connectivity index (χ4n) is 1.51. The van der Waals surface area contributed by atoms with E-state index in [1.54, 1.807) is 0 Å². The van der Waals surface area contributed by atoms with Crippen LogP contribution in [-0.4, -0.2) is 36.7 Å². The summed E-state index contributed by atoms with van der Waals surface area (Å²) in [6, 6.07) is 8.58. The Morgan fingerprint density at radius 2 is 2.00 bits per heavy atom. The number of nitrogens with one attached hydrogen (secondary N) is 1. The van der Waals surface area contributed by atoms with Gasteiger partial charge < -0.3 is 15.2 Å². The van der Waals surface area contributed by atoms with Gasteiger partial charge in [0.2, 0.25) is 5.91 Å². The Hall–Kier alpha value is -1.88. The smallest absolute Gasteiger partial charge is 0.328 e. The first-order valence-electron chi connectivity index (χ1n) is 5.68. The van der Waals surface area contributed by atoms with E-state index in [0.717, 1.165) is 5.56 Å². The van der Waals surface area contributed by atoms with Crippen LogP contribution in [0.5, 0.6) is 0 Å². The molecule has 0 heterocycles. The lowest BCUT2D eigenvalue weighted by molar-refractivity contribution is -0.143. The highest BCUT2D eigenvalue weighted by atomic mass is 16.5. The number of aryl methyl sites for hydroxylation is 1. The van der Waals surface area contributed by atoms with E-state index in [1.165, 1.54) is 7.11 Å². The zero-order valence-corrected chi connectivity index (χ0v) is 10.3. The fourth-order valence-corrected chi connectivity index (χ4v) is 1.51. The molecule has 0 spiro atoms. The van der Waals surface area contributed by atoms with Crippen LogP contribution in [0.15, 0.2) is 30.3 Å². The van der Waals surface area contributed by atoms with Crippen LogP contribution < -0.4 is 5.32 Å². The number of rotatable bonds is 7. The van der Waals surface area contributed by atoms with Crippen LogP contribution in [0.1, 0.15) is 12.0 Å². The zero-order valence-electron chi connectivity index (χ0n) is 10.3. The molecule has 18 heavy (non-hydrogen) atoms. The van der Waals surface area contributed by atoms with Gasteiger partial charge in [-0.2, -0.15) is 0 Å². The molecule has 2 N–H and O–H groups in total. The molecule has 0 aromatic heterocycles. The first kappa shape index (κ1) is 14.2. The first-order chi connectivity index (χ1) is 8.63. The molecule has 0 saturated heterocycles. The maximum Gasteiger partial charge on any atom is 0.328 e. The quantitative estimate of drug-likeness (QED) is 0.752. The highest BCUT2D eigenvalue weighted by Gasteiger charge is 2.19. The van der Waals surface area contributed by atoms with Crippen LogP contribution in [0.3, 0.4) is 0 Å².